The van der Waals surface area contributed by atoms with Crippen LogP contribution in [0.3, 0.4) is 0 Å². The van der Waals surface area contributed by atoms with E-state index in [0.717, 1.165) is 5.69 Å². The van der Waals surface area contributed by atoms with Crippen molar-refractivity contribution < 1.29 is 9.59 Å². The largest absolute Gasteiger partial charge is 0.367 e. The Morgan fingerprint density at radius 1 is 0.914 bits per heavy atom. The molecule has 1 aliphatic rings. The summed E-state index contributed by atoms with van der Waals surface area (Å²) < 4.78 is -1.35. The lowest BCUT2D eigenvalue weighted by atomic mass is 10.1. The van der Waals surface area contributed by atoms with E-state index in [9.17, 15) is 9.59 Å². The van der Waals surface area contributed by atoms with Gasteiger partial charge in [-0.2, -0.15) is 0 Å². The third kappa shape index (κ3) is 5.53. The number of para-hydroxylation sites is 1. The van der Waals surface area contributed by atoms with Gasteiger partial charge in [0.1, 0.15) is 4.33 Å². The fourth-order valence-corrected chi connectivity index (χ4v) is 5.60. The molecular weight excluding hydrogens is 573 g/mol. The number of alkyl halides is 2. The number of nitrogens with one attached hydrogen (secondary N) is 1. The molecular formula is C25H18Cl6N2O2. The molecule has 0 bridgehead atoms. The van der Waals surface area contributed by atoms with Crippen molar-refractivity contribution in [3.63, 3.8) is 0 Å². The molecule has 0 aromatic heterocycles. The summed E-state index contributed by atoms with van der Waals surface area (Å²) in [6.07, 6.45) is 0. The number of carbonyl (C=O) groups excluding carboxylic acids is 2. The van der Waals surface area contributed by atoms with Gasteiger partial charge in [0.2, 0.25) is 5.91 Å². The van der Waals surface area contributed by atoms with Gasteiger partial charge in [-0.05, 0) is 48.0 Å². The van der Waals surface area contributed by atoms with Crippen molar-refractivity contribution in [2.45, 2.75) is 10.3 Å². The van der Waals surface area contributed by atoms with Gasteiger partial charge in [0.05, 0.1) is 32.6 Å². The highest BCUT2D eigenvalue weighted by molar-refractivity contribution is 6.54. The Labute approximate surface area is 233 Å². The summed E-state index contributed by atoms with van der Waals surface area (Å²) in [7, 11) is 1.82. The predicted octanol–water partition coefficient (Wildman–Crippen LogP) is 8.15. The van der Waals surface area contributed by atoms with Crippen LogP contribution in [0.25, 0.3) is 0 Å². The smallest absolute Gasteiger partial charge is 0.231 e. The van der Waals surface area contributed by atoms with Crippen LogP contribution in [0, 0.1) is 5.92 Å². The average Bonchev–Trinajstić information content (AvgIpc) is 3.40. The first-order chi connectivity index (χ1) is 16.5. The van der Waals surface area contributed by atoms with Gasteiger partial charge in [0.15, 0.2) is 5.78 Å². The molecule has 2 atom stereocenters. The summed E-state index contributed by atoms with van der Waals surface area (Å²) in [5, 5.41) is 3.76. The minimum atomic E-state index is -1.35. The highest BCUT2D eigenvalue weighted by Gasteiger charge is 2.67. The van der Waals surface area contributed by atoms with E-state index in [4.69, 9.17) is 69.6 Å². The first kappa shape index (κ1) is 26.4. The van der Waals surface area contributed by atoms with E-state index in [1.807, 2.05) is 42.3 Å². The molecule has 0 heterocycles. The first-order valence-corrected chi connectivity index (χ1v) is 12.7. The molecule has 0 aliphatic heterocycles. The summed E-state index contributed by atoms with van der Waals surface area (Å²) in [6, 6.07) is 17.4. The number of Topliss-reactive ketones (excluding diaryl/α,β-unsaturated/α-hetero) is 1. The molecule has 10 heteroatoms. The fraction of sp³-hybridized carbons (Fsp3) is 0.200. The monoisotopic (exact) mass is 588 g/mol. The van der Waals surface area contributed by atoms with Crippen molar-refractivity contribution in [1.82, 2.24) is 0 Å². The summed E-state index contributed by atoms with van der Waals surface area (Å²) in [6.45, 7) is 0.108. The van der Waals surface area contributed by atoms with E-state index in [-0.39, 0.29) is 32.4 Å². The molecule has 1 aliphatic carbocycles. The second-order valence-corrected chi connectivity index (χ2v) is 11.3. The van der Waals surface area contributed by atoms with Gasteiger partial charge >= 0.3 is 0 Å². The van der Waals surface area contributed by atoms with E-state index in [1.54, 1.807) is 30.3 Å². The predicted molar refractivity (Wildman–Crippen MR) is 146 cm³/mol. The van der Waals surface area contributed by atoms with Crippen LogP contribution < -0.4 is 10.2 Å². The van der Waals surface area contributed by atoms with Gasteiger partial charge in [-0.25, -0.2) is 0 Å². The van der Waals surface area contributed by atoms with Crippen molar-refractivity contribution >= 4 is 92.7 Å². The van der Waals surface area contributed by atoms with E-state index < -0.39 is 22.1 Å². The zero-order valence-electron chi connectivity index (χ0n) is 18.2. The van der Waals surface area contributed by atoms with Gasteiger partial charge in [-0.1, -0.05) is 64.6 Å². The minimum absolute atomic E-state index is 0.108. The molecule has 182 valence electrons. The Morgan fingerprint density at radius 2 is 1.54 bits per heavy atom. The Balaban J connectivity index is 1.49. The lowest BCUT2D eigenvalue weighted by Crippen LogP contribution is -2.26. The summed E-state index contributed by atoms with van der Waals surface area (Å²) in [5.41, 5.74) is 2.18. The van der Waals surface area contributed by atoms with Crippen LogP contribution >= 0.6 is 69.6 Å². The molecule has 3 aromatic carbocycles. The Bertz CT molecular complexity index is 1280. The van der Waals surface area contributed by atoms with Gasteiger partial charge in [0.25, 0.3) is 0 Å². The summed E-state index contributed by atoms with van der Waals surface area (Å²) in [4.78, 5) is 27.8. The van der Waals surface area contributed by atoms with Crippen LogP contribution in [-0.4, -0.2) is 29.6 Å². The number of carbonyl (C=O) groups is 2. The second kappa shape index (κ2) is 10.4. The Kier molecular flexibility index (Phi) is 7.82. The van der Waals surface area contributed by atoms with Crippen LogP contribution in [0.4, 0.5) is 11.4 Å². The van der Waals surface area contributed by atoms with Crippen LogP contribution in [0.5, 0.6) is 0 Å². The number of anilines is 2. The van der Waals surface area contributed by atoms with E-state index >= 15 is 0 Å². The number of benzene rings is 3. The van der Waals surface area contributed by atoms with Crippen LogP contribution in [0.1, 0.15) is 21.8 Å². The molecule has 0 unspecified atom stereocenters. The molecule has 1 N–H and O–H groups in total. The fourth-order valence-electron chi connectivity index (χ4n) is 3.93. The number of hydrogen-bond donors (Lipinski definition) is 1. The van der Waals surface area contributed by atoms with Gasteiger partial charge < -0.3 is 10.2 Å². The zero-order chi connectivity index (χ0) is 25.5. The van der Waals surface area contributed by atoms with E-state index in [0.29, 0.717) is 16.8 Å². The third-order valence-electron chi connectivity index (χ3n) is 5.81. The van der Waals surface area contributed by atoms with Crippen LogP contribution in [0.2, 0.25) is 20.1 Å². The highest BCUT2D eigenvalue weighted by atomic mass is 35.5. The topological polar surface area (TPSA) is 49.4 Å². The quantitative estimate of drug-likeness (QED) is 0.172. The number of likely N-dealkylation sites (N-methyl/N-ethyl adjacent to an activating group) is 1. The molecule has 1 amide bonds. The standard InChI is InChI=1S/C25H18Cl6N2O2/c1-33(15-5-3-2-4-6-15)12-20(34)16-11-14(7-8-17(16)26)32-24(35)22-21(25(22,30)31)13-9-18(27)23(29)19(28)10-13/h2-11,21-22H,12H2,1H3,(H,32,35)/t21-,22+/m0/s1. The Morgan fingerprint density at radius 3 is 2.17 bits per heavy atom. The lowest BCUT2D eigenvalue weighted by molar-refractivity contribution is -0.117. The van der Waals surface area contributed by atoms with Crippen molar-refractivity contribution in [3.05, 3.63) is 91.9 Å². The maximum atomic E-state index is 13.0. The van der Waals surface area contributed by atoms with Gasteiger partial charge in [-0.15, -0.1) is 23.2 Å². The number of halogens is 6. The van der Waals surface area contributed by atoms with Gasteiger partial charge in [0, 0.05) is 29.9 Å². The van der Waals surface area contributed by atoms with E-state index in [2.05, 4.69) is 5.32 Å². The summed E-state index contributed by atoms with van der Waals surface area (Å²) >= 11 is 37.4. The Hall–Kier alpha value is -1.66. The molecule has 1 saturated carbocycles. The number of hydrogen-bond acceptors (Lipinski definition) is 3. The van der Waals surface area contributed by atoms with Crippen molar-refractivity contribution in [2.75, 3.05) is 23.8 Å². The highest BCUT2D eigenvalue weighted by Crippen LogP contribution is 2.65. The number of ketones is 1. The van der Waals surface area contributed by atoms with Gasteiger partial charge in [-0.3, -0.25) is 9.59 Å². The van der Waals surface area contributed by atoms with Crippen molar-refractivity contribution in [3.8, 4) is 0 Å². The maximum absolute atomic E-state index is 13.0. The summed E-state index contributed by atoms with van der Waals surface area (Å²) in [5.74, 6) is -1.91. The average molecular weight is 591 g/mol. The normalized spacial score (nSPS) is 18.1. The molecule has 3 aromatic rings. The van der Waals surface area contributed by atoms with E-state index in [1.165, 1.54) is 0 Å². The van der Waals surface area contributed by atoms with Crippen molar-refractivity contribution in [2.24, 2.45) is 5.92 Å². The minimum Gasteiger partial charge on any atom is -0.367 e. The SMILES string of the molecule is CN(CC(=O)c1cc(NC(=O)[C@H]2[C@H](c3cc(Cl)c(Cl)c(Cl)c3)C2(Cl)Cl)ccc1Cl)c1ccccc1. The first-order valence-electron chi connectivity index (χ1n) is 10.4. The molecule has 0 spiro atoms. The van der Waals surface area contributed by atoms with Crippen LogP contribution in [0.15, 0.2) is 60.7 Å². The molecule has 35 heavy (non-hydrogen) atoms. The van der Waals surface area contributed by atoms with Crippen LogP contribution in [-0.2, 0) is 4.79 Å². The maximum Gasteiger partial charge on any atom is 0.231 e. The molecule has 1 fully saturated rings. The zero-order valence-corrected chi connectivity index (χ0v) is 22.7. The molecule has 4 rings (SSSR count). The van der Waals surface area contributed by atoms with Crippen molar-refractivity contribution in [1.29, 1.82) is 0 Å². The number of nitrogens with zero attached hydrogens (tertiary/aromatic N) is 1. The third-order valence-corrected chi connectivity index (χ3v) is 8.28. The molecule has 0 radical (unpaired) electrons. The second-order valence-electron chi connectivity index (χ2n) is 8.23. The lowest BCUT2D eigenvalue weighted by Gasteiger charge is -2.19. The number of amides is 1. The number of rotatable bonds is 7. The molecule has 4 nitrogen and oxygen atoms in total. The molecule has 0 saturated heterocycles.